The van der Waals surface area contributed by atoms with E-state index in [0.717, 1.165) is 6.54 Å². The molecular formula is C11H16N2O4. The van der Waals surface area contributed by atoms with Gasteiger partial charge in [-0.25, -0.2) is 0 Å². The van der Waals surface area contributed by atoms with Crippen molar-refractivity contribution in [2.45, 2.75) is 6.61 Å². The summed E-state index contributed by atoms with van der Waals surface area (Å²) in [6.45, 7) is 0.877. The molecule has 17 heavy (non-hydrogen) atoms. The molecular weight excluding hydrogens is 224 g/mol. The van der Waals surface area contributed by atoms with Gasteiger partial charge in [0.15, 0.2) is 0 Å². The van der Waals surface area contributed by atoms with Crippen LogP contribution in [0.15, 0.2) is 18.2 Å². The van der Waals surface area contributed by atoms with E-state index in [1.165, 1.54) is 18.2 Å². The van der Waals surface area contributed by atoms with Crippen molar-refractivity contribution >= 4 is 5.69 Å². The van der Waals surface area contributed by atoms with E-state index in [-0.39, 0.29) is 17.9 Å². The number of rotatable bonds is 6. The average Bonchev–Trinajstić information content (AvgIpc) is 2.28. The Hall–Kier alpha value is -1.66. The molecule has 6 nitrogen and oxygen atoms in total. The van der Waals surface area contributed by atoms with Crippen molar-refractivity contribution in [3.05, 3.63) is 33.9 Å². The van der Waals surface area contributed by atoms with Crippen molar-refractivity contribution in [1.29, 1.82) is 0 Å². The number of nitrogens with zero attached hydrogens (tertiary/aromatic N) is 2. The van der Waals surface area contributed by atoms with Gasteiger partial charge < -0.3 is 14.7 Å². The van der Waals surface area contributed by atoms with Crippen LogP contribution < -0.4 is 4.74 Å². The maximum Gasteiger partial charge on any atom is 0.275 e. The van der Waals surface area contributed by atoms with Crippen molar-refractivity contribution < 1.29 is 14.8 Å². The molecule has 0 aliphatic carbocycles. The molecule has 0 heterocycles. The van der Waals surface area contributed by atoms with Crippen LogP contribution in [0.5, 0.6) is 5.75 Å². The van der Waals surface area contributed by atoms with Gasteiger partial charge in [-0.1, -0.05) is 0 Å². The first-order valence-electron chi connectivity index (χ1n) is 5.20. The van der Waals surface area contributed by atoms with E-state index in [1.807, 2.05) is 19.0 Å². The smallest absolute Gasteiger partial charge is 0.275 e. The van der Waals surface area contributed by atoms with E-state index in [1.54, 1.807) is 0 Å². The van der Waals surface area contributed by atoms with Gasteiger partial charge in [-0.05, 0) is 26.2 Å². The van der Waals surface area contributed by atoms with Gasteiger partial charge in [-0.3, -0.25) is 10.1 Å². The summed E-state index contributed by atoms with van der Waals surface area (Å²) < 4.78 is 5.42. The Bertz CT molecular complexity index is 393. The fourth-order valence-electron chi connectivity index (χ4n) is 1.30. The van der Waals surface area contributed by atoms with Crippen LogP contribution in [0.2, 0.25) is 0 Å². The molecule has 0 aliphatic rings. The summed E-state index contributed by atoms with van der Waals surface area (Å²) >= 11 is 0. The number of nitro benzene ring substituents is 1. The van der Waals surface area contributed by atoms with Crippen molar-refractivity contribution in [3.63, 3.8) is 0 Å². The third-order valence-electron chi connectivity index (χ3n) is 2.23. The largest absolute Gasteiger partial charge is 0.492 e. The fraction of sp³-hybridized carbons (Fsp3) is 0.455. The van der Waals surface area contributed by atoms with Crippen LogP contribution in [-0.4, -0.2) is 42.2 Å². The maximum atomic E-state index is 10.6. The Labute approximate surface area is 99.6 Å². The second-order valence-corrected chi connectivity index (χ2v) is 3.86. The molecule has 6 heteroatoms. The molecule has 1 aromatic rings. The molecule has 0 atom stereocenters. The van der Waals surface area contributed by atoms with Gasteiger partial charge in [0.05, 0.1) is 17.1 Å². The highest BCUT2D eigenvalue weighted by atomic mass is 16.6. The van der Waals surface area contributed by atoms with Crippen LogP contribution in [-0.2, 0) is 6.61 Å². The van der Waals surface area contributed by atoms with E-state index in [2.05, 4.69) is 0 Å². The predicted octanol–water partition coefficient (Wildman–Crippen LogP) is 1.03. The minimum Gasteiger partial charge on any atom is -0.492 e. The lowest BCUT2D eigenvalue weighted by atomic mass is 10.2. The molecule has 1 aromatic carbocycles. The number of nitro groups is 1. The Morgan fingerprint density at radius 3 is 2.71 bits per heavy atom. The third kappa shape index (κ3) is 4.01. The molecule has 0 aliphatic heterocycles. The molecule has 0 spiro atoms. The lowest BCUT2D eigenvalue weighted by Gasteiger charge is -2.11. The number of likely N-dealkylation sites (N-methyl/N-ethyl adjacent to an activating group) is 1. The zero-order valence-electron chi connectivity index (χ0n) is 9.92. The van der Waals surface area contributed by atoms with E-state index >= 15 is 0 Å². The summed E-state index contributed by atoms with van der Waals surface area (Å²) in [5.74, 6) is 0.529. The Kier molecular flexibility index (Phi) is 4.86. The van der Waals surface area contributed by atoms with E-state index in [0.29, 0.717) is 12.4 Å². The summed E-state index contributed by atoms with van der Waals surface area (Å²) in [7, 11) is 3.86. The molecule has 0 amide bonds. The highest BCUT2D eigenvalue weighted by Crippen LogP contribution is 2.23. The zero-order chi connectivity index (χ0) is 12.8. The van der Waals surface area contributed by atoms with E-state index in [4.69, 9.17) is 9.84 Å². The molecule has 0 bridgehead atoms. The molecule has 94 valence electrons. The van der Waals surface area contributed by atoms with Crippen LogP contribution in [0.25, 0.3) is 0 Å². The first kappa shape index (κ1) is 13.4. The molecule has 0 unspecified atom stereocenters. The van der Waals surface area contributed by atoms with E-state index in [9.17, 15) is 10.1 Å². The summed E-state index contributed by atoms with van der Waals surface area (Å²) in [5.41, 5.74) is 0.171. The van der Waals surface area contributed by atoms with Crippen molar-refractivity contribution in [1.82, 2.24) is 4.90 Å². The van der Waals surface area contributed by atoms with Gasteiger partial charge in [-0.15, -0.1) is 0 Å². The standard InChI is InChI=1S/C11H16N2O4/c1-12(2)5-6-17-10-3-4-11(13(15)16)9(7-10)8-14/h3-4,7,14H,5-6,8H2,1-2H3. The average molecular weight is 240 g/mol. The summed E-state index contributed by atoms with van der Waals surface area (Å²) in [4.78, 5) is 12.1. The topological polar surface area (TPSA) is 75.8 Å². The number of aliphatic hydroxyl groups is 1. The third-order valence-corrected chi connectivity index (χ3v) is 2.23. The molecule has 0 saturated carbocycles. The lowest BCUT2D eigenvalue weighted by Crippen LogP contribution is -2.19. The SMILES string of the molecule is CN(C)CCOc1ccc([N+](=O)[O-])c(CO)c1. The number of hydrogen-bond donors (Lipinski definition) is 1. The fourth-order valence-corrected chi connectivity index (χ4v) is 1.30. The molecule has 0 radical (unpaired) electrons. The highest BCUT2D eigenvalue weighted by Gasteiger charge is 2.13. The minimum atomic E-state index is -0.519. The molecule has 0 saturated heterocycles. The predicted molar refractivity (Wildman–Crippen MR) is 63.1 cm³/mol. The molecule has 1 rings (SSSR count). The maximum absolute atomic E-state index is 10.6. The van der Waals surface area contributed by atoms with Crippen LogP contribution in [0, 0.1) is 10.1 Å². The quantitative estimate of drug-likeness (QED) is 0.593. The second kappa shape index (κ2) is 6.17. The second-order valence-electron chi connectivity index (χ2n) is 3.86. The number of aliphatic hydroxyl groups excluding tert-OH is 1. The van der Waals surface area contributed by atoms with Crippen LogP contribution in [0.1, 0.15) is 5.56 Å². The van der Waals surface area contributed by atoms with Crippen molar-refractivity contribution in [2.24, 2.45) is 0 Å². The Balaban J connectivity index is 2.72. The van der Waals surface area contributed by atoms with Crippen LogP contribution >= 0.6 is 0 Å². The zero-order valence-corrected chi connectivity index (χ0v) is 9.92. The molecule has 0 fully saturated rings. The summed E-state index contributed by atoms with van der Waals surface area (Å²) in [6, 6.07) is 4.37. The van der Waals surface area contributed by atoms with Gasteiger partial charge in [0.1, 0.15) is 12.4 Å². The number of ether oxygens (including phenoxy) is 1. The monoisotopic (exact) mass is 240 g/mol. The van der Waals surface area contributed by atoms with Crippen LogP contribution in [0.4, 0.5) is 5.69 Å². The Morgan fingerprint density at radius 2 is 2.18 bits per heavy atom. The van der Waals surface area contributed by atoms with Gasteiger partial charge in [-0.2, -0.15) is 0 Å². The highest BCUT2D eigenvalue weighted by molar-refractivity contribution is 5.44. The number of hydrogen-bond acceptors (Lipinski definition) is 5. The van der Waals surface area contributed by atoms with Gasteiger partial charge >= 0.3 is 0 Å². The first-order valence-corrected chi connectivity index (χ1v) is 5.20. The Morgan fingerprint density at radius 1 is 1.47 bits per heavy atom. The van der Waals surface area contributed by atoms with Gasteiger partial charge in [0, 0.05) is 12.6 Å². The number of benzene rings is 1. The van der Waals surface area contributed by atoms with Gasteiger partial charge in [0.2, 0.25) is 0 Å². The first-order chi connectivity index (χ1) is 8.04. The van der Waals surface area contributed by atoms with Gasteiger partial charge in [0.25, 0.3) is 5.69 Å². The van der Waals surface area contributed by atoms with Crippen molar-refractivity contribution in [2.75, 3.05) is 27.2 Å². The minimum absolute atomic E-state index is 0.0903. The molecule has 1 N–H and O–H groups in total. The summed E-state index contributed by atoms with van der Waals surface area (Å²) in [5, 5.41) is 19.7. The van der Waals surface area contributed by atoms with Crippen molar-refractivity contribution in [3.8, 4) is 5.75 Å². The lowest BCUT2D eigenvalue weighted by molar-refractivity contribution is -0.385. The molecule has 0 aromatic heterocycles. The van der Waals surface area contributed by atoms with Crippen LogP contribution in [0.3, 0.4) is 0 Å². The normalized spacial score (nSPS) is 10.6. The van der Waals surface area contributed by atoms with E-state index < -0.39 is 4.92 Å². The summed E-state index contributed by atoms with van der Waals surface area (Å²) in [6.07, 6.45) is 0.